The molecule has 6 heteroatoms. The molecule has 0 aliphatic rings. The Morgan fingerprint density at radius 1 is 1.10 bits per heavy atom. The molecule has 3 aromatic rings. The standard InChI is InChI=1S/C15H16N6/c16-19-14(9-12-5-4-8-17-10-12)15-11-18-20-21(15)13-6-2-1-3-7-13/h1-8,10-11,14,19H,9,16H2. The van der Waals surface area contributed by atoms with E-state index in [0.29, 0.717) is 6.42 Å². The predicted molar refractivity (Wildman–Crippen MR) is 79.4 cm³/mol. The molecular formula is C15H16N6. The van der Waals surface area contributed by atoms with Gasteiger partial charge in [-0.3, -0.25) is 16.3 Å². The molecule has 6 nitrogen and oxygen atoms in total. The molecule has 3 N–H and O–H groups in total. The van der Waals surface area contributed by atoms with Gasteiger partial charge in [-0.15, -0.1) is 5.10 Å². The van der Waals surface area contributed by atoms with Gasteiger partial charge in [0.25, 0.3) is 0 Å². The summed E-state index contributed by atoms with van der Waals surface area (Å²) >= 11 is 0. The lowest BCUT2D eigenvalue weighted by molar-refractivity contribution is 0.521. The summed E-state index contributed by atoms with van der Waals surface area (Å²) in [6, 6.07) is 13.7. The quantitative estimate of drug-likeness (QED) is 0.545. The molecule has 106 valence electrons. The topological polar surface area (TPSA) is 81.7 Å². The minimum Gasteiger partial charge on any atom is -0.271 e. The van der Waals surface area contributed by atoms with Crippen molar-refractivity contribution in [2.24, 2.45) is 5.84 Å². The van der Waals surface area contributed by atoms with Gasteiger partial charge in [0.05, 0.1) is 23.6 Å². The first-order chi connectivity index (χ1) is 10.4. The third kappa shape index (κ3) is 2.96. The molecule has 0 radical (unpaired) electrons. The van der Waals surface area contributed by atoms with E-state index in [1.54, 1.807) is 17.1 Å². The van der Waals surface area contributed by atoms with Crippen molar-refractivity contribution in [3.8, 4) is 5.69 Å². The van der Waals surface area contributed by atoms with Crippen LogP contribution in [0.4, 0.5) is 0 Å². The SMILES string of the molecule is NNC(Cc1cccnc1)c1cnnn1-c1ccccc1. The first-order valence-corrected chi connectivity index (χ1v) is 6.69. The largest absolute Gasteiger partial charge is 0.271 e. The van der Waals surface area contributed by atoms with E-state index < -0.39 is 0 Å². The number of rotatable bonds is 5. The number of aromatic nitrogens is 4. The number of para-hydroxylation sites is 1. The summed E-state index contributed by atoms with van der Waals surface area (Å²) in [7, 11) is 0. The van der Waals surface area contributed by atoms with Crippen LogP contribution >= 0.6 is 0 Å². The molecular weight excluding hydrogens is 264 g/mol. The third-order valence-electron chi connectivity index (χ3n) is 3.30. The smallest absolute Gasteiger partial charge is 0.0832 e. The lowest BCUT2D eigenvalue weighted by Gasteiger charge is -2.16. The summed E-state index contributed by atoms with van der Waals surface area (Å²) in [6.45, 7) is 0. The Kier molecular flexibility index (Phi) is 3.99. The Bertz CT molecular complexity index is 680. The zero-order chi connectivity index (χ0) is 14.5. The van der Waals surface area contributed by atoms with Gasteiger partial charge < -0.3 is 0 Å². The first kappa shape index (κ1) is 13.4. The van der Waals surface area contributed by atoms with E-state index in [2.05, 4.69) is 20.7 Å². The van der Waals surface area contributed by atoms with E-state index in [0.717, 1.165) is 16.9 Å². The van der Waals surface area contributed by atoms with E-state index in [1.165, 1.54) is 0 Å². The van der Waals surface area contributed by atoms with Gasteiger partial charge in [-0.05, 0) is 30.2 Å². The fraction of sp³-hybridized carbons (Fsp3) is 0.133. The van der Waals surface area contributed by atoms with Gasteiger partial charge in [0.15, 0.2) is 0 Å². The van der Waals surface area contributed by atoms with Crippen LogP contribution in [-0.4, -0.2) is 20.0 Å². The van der Waals surface area contributed by atoms with Crippen molar-refractivity contribution >= 4 is 0 Å². The van der Waals surface area contributed by atoms with E-state index in [1.807, 2.05) is 48.7 Å². The van der Waals surface area contributed by atoms with Crippen LogP contribution in [0.1, 0.15) is 17.3 Å². The Labute approximate surface area is 122 Å². The van der Waals surface area contributed by atoms with Crippen LogP contribution < -0.4 is 11.3 Å². The number of benzene rings is 1. The van der Waals surface area contributed by atoms with Crippen molar-refractivity contribution < 1.29 is 0 Å². The van der Waals surface area contributed by atoms with Crippen molar-refractivity contribution in [2.45, 2.75) is 12.5 Å². The summed E-state index contributed by atoms with van der Waals surface area (Å²) in [4.78, 5) is 4.13. The molecule has 0 saturated heterocycles. The van der Waals surface area contributed by atoms with Crippen LogP contribution in [0.2, 0.25) is 0 Å². The summed E-state index contributed by atoms with van der Waals surface area (Å²) in [5.41, 5.74) is 5.80. The molecule has 0 fully saturated rings. The molecule has 1 atom stereocenters. The van der Waals surface area contributed by atoms with Crippen molar-refractivity contribution in [3.63, 3.8) is 0 Å². The Balaban J connectivity index is 1.90. The summed E-state index contributed by atoms with van der Waals surface area (Å²) in [6.07, 6.45) is 6.03. The molecule has 0 spiro atoms. The van der Waals surface area contributed by atoms with Gasteiger partial charge in [0.1, 0.15) is 0 Å². The minimum absolute atomic E-state index is 0.0931. The molecule has 0 aliphatic carbocycles. The minimum atomic E-state index is -0.0931. The van der Waals surface area contributed by atoms with Crippen LogP contribution in [0.15, 0.2) is 61.1 Å². The van der Waals surface area contributed by atoms with Crippen molar-refractivity contribution in [1.82, 2.24) is 25.4 Å². The van der Waals surface area contributed by atoms with E-state index in [4.69, 9.17) is 5.84 Å². The summed E-state index contributed by atoms with van der Waals surface area (Å²) in [5.74, 6) is 5.72. The number of nitrogens with zero attached hydrogens (tertiary/aromatic N) is 4. The third-order valence-corrected chi connectivity index (χ3v) is 3.30. The van der Waals surface area contributed by atoms with Gasteiger partial charge in [-0.25, -0.2) is 4.68 Å². The summed E-state index contributed by atoms with van der Waals surface area (Å²) < 4.78 is 1.79. The maximum absolute atomic E-state index is 5.72. The second kappa shape index (κ2) is 6.25. The molecule has 1 aromatic carbocycles. The Morgan fingerprint density at radius 2 is 1.95 bits per heavy atom. The second-order valence-electron chi connectivity index (χ2n) is 4.69. The molecule has 3 rings (SSSR count). The molecule has 0 amide bonds. The van der Waals surface area contributed by atoms with Crippen LogP contribution in [0.3, 0.4) is 0 Å². The van der Waals surface area contributed by atoms with Gasteiger partial charge in [0, 0.05) is 12.4 Å². The highest BCUT2D eigenvalue weighted by atomic mass is 15.4. The molecule has 2 heterocycles. The lowest BCUT2D eigenvalue weighted by atomic mass is 10.1. The van der Waals surface area contributed by atoms with E-state index in [-0.39, 0.29) is 6.04 Å². The summed E-state index contributed by atoms with van der Waals surface area (Å²) in [5, 5.41) is 8.16. The fourth-order valence-corrected chi connectivity index (χ4v) is 2.25. The van der Waals surface area contributed by atoms with Crippen molar-refractivity contribution in [3.05, 3.63) is 72.3 Å². The Morgan fingerprint density at radius 3 is 2.67 bits per heavy atom. The number of nitrogens with one attached hydrogen (secondary N) is 1. The molecule has 0 saturated carbocycles. The maximum Gasteiger partial charge on any atom is 0.0832 e. The Hall–Kier alpha value is -2.57. The monoisotopic (exact) mass is 280 g/mol. The number of hydrogen-bond donors (Lipinski definition) is 2. The molecule has 2 aromatic heterocycles. The number of pyridine rings is 1. The molecule has 1 unspecified atom stereocenters. The van der Waals surface area contributed by atoms with Crippen LogP contribution in [0, 0.1) is 0 Å². The fourth-order valence-electron chi connectivity index (χ4n) is 2.25. The zero-order valence-electron chi connectivity index (χ0n) is 11.4. The van der Waals surface area contributed by atoms with E-state index in [9.17, 15) is 0 Å². The average Bonchev–Trinajstić information content (AvgIpc) is 3.04. The maximum atomic E-state index is 5.72. The highest BCUT2D eigenvalue weighted by molar-refractivity contribution is 5.32. The molecule has 0 bridgehead atoms. The van der Waals surface area contributed by atoms with Gasteiger partial charge in [-0.1, -0.05) is 29.5 Å². The van der Waals surface area contributed by atoms with Crippen molar-refractivity contribution in [1.29, 1.82) is 0 Å². The van der Waals surface area contributed by atoms with Crippen LogP contribution in [-0.2, 0) is 6.42 Å². The van der Waals surface area contributed by atoms with E-state index >= 15 is 0 Å². The highest BCUT2D eigenvalue weighted by Crippen LogP contribution is 2.19. The van der Waals surface area contributed by atoms with Crippen LogP contribution in [0.25, 0.3) is 5.69 Å². The van der Waals surface area contributed by atoms with Gasteiger partial charge in [0.2, 0.25) is 0 Å². The lowest BCUT2D eigenvalue weighted by Crippen LogP contribution is -2.31. The normalized spacial score (nSPS) is 12.2. The number of nitrogens with two attached hydrogens (primary N) is 1. The van der Waals surface area contributed by atoms with Crippen molar-refractivity contribution in [2.75, 3.05) is 0 Å². The highest BCUT2D eigenvalue weighted by Gasteiger charge is 2.17. The average molecular weight is 280 g/mol. The number of hydrazine groups is 1. The molecule has 21 heavy (non-hydrogen) atoms. The van der Waals surface area contributed by atoms with Gasteiger partial charge in [-0.2, -0.15) is 0 Å². The zero-order valence-corrected chi connectivity index (χ0v) is 11.4. The predicted octanol–water partition coefficient (Wildman–Crippen LogP) is 1.41. The van der Waals surface area contributed by atoms with Gasteiger partial charge >= 0.3 is 0 Å². The number of hydrogen-bond acceptors (Lipinski definition) is 5. The molecule has 0 aliphatic heterocycles. The van der Waals surface area contributed by atoms with Crippen LogP contribution in [0.5, 0.6) is 0 Å². The first-order valence-electron chi connectivity index (χ1n) is 6.69. The second-order valence-corrected chi connectivity index (χ2v) is 4.69.